The topological polar surface area (TPSA) is 12.0 Å². The van der Waals surface area contributed by atoms with Crippen molar-refractivity contribution >= 4 is 11.8 Å². The van der Waals surface area contributed by atoms with Crippen LogP contribution in [0, 0.1) is 13.8 Å². The van der Waals surface area contributed by atoms with Gasteiger partial charge in [-0.05, 0) is 49.9 Å². The SMILES string of the molecule is Cc1ccc(SCCNC2CCCCC2)cc1C. The molecule has 2 rings (SSSR count). The average Bonchev–Trinajstić information content (AvgIpc) is 2.40. The van der Waals surface area contributed by atoms with Crippen molar-refractivity contribution in [2.75, 3.05) is 12.3 Å². The quantitative estimate of drug-likeness (QED) is 0.627. The monoisotopic (exact) mass is 263 g/mol. The lowest BCUT2D eigenvalue weighted by atomic mass is 9.96. The molecule has 0 aromatic heterocycles. The first kappa shape index (κ1) is 14.0. The van der Waals surface area contributed by atoms with E-state index in [1.54, 1.807) is 0 Å². The Balaban J connectivity index is 1.66. The third-order valence-corrected chi connectivity index (χ3v) is 4.88. The van der Waals surface area contributed by atoms with Crippen LogP contribution in [0.3, 0.4) is 0 Å². The van der Waals surface area contributed by atoms with Crippen LogP contribution in [0.2, 0.25) is 0 Å². The lowest BCUT2D eigenvalue weighted by molar-refractivity contribution is 0.381. The number of hydrogen-bond acceptors (Lipinski definition) is 2. The highest BCUT2D eigenvalue weighted by atomic mass is 32.2. The fourth-order valence-electron chi connectivity index (χ4n) is 2.54. The van der Waals surface area contributed by atoms with Gasteiger partial charge in [-0.3, -0.25) is 0 Å². The molecule has 1 N–H and O–H groups in total. The molecule has 1 aliphatic carbocycles. The molecule has 0 saturated heterocycles. The first-order valence-corrected chi connectivity index (χ1v) is 8.18. The smallest absolute Gasteiger partial charge is 0.0106 e. The first-order chi connectivity index (χ1) is 8.75. The van der Waals surface area contributed by atoms with Crippen molar-refractivity contribution in [2.24, 2.45) is 0 Å². The van der Waals surface area contributed by atoms with Gasteiger partial charge in [-0.2, -0.15) is 0 Å². The number of aryl methyl sites for hydroxylation is 2. The highest BCUT2D eigenvalue weighted by Gasteiger charge is 2.11. The summed E-state index contributed by atoms with van der Waals surface area (Å²) in [4.78, 5) is 1.41. The van der Waals surface area contributed by atoms with Crippen LogP contribution in [0.15, 0.2) is 23.1 Å². The number of rotatable bonds is 5. The summed E-state index contributed by atoms with van der Waals surface area (Å²) in [6, 6.07) is 7.57. The van der Waals surface area contributed by atoms with Crippen LogP contribution >= 0.6 is 11.8 Å². The van der Waals surface area contributed by atoms with Gasteiger partial charge in [0.1, 0.15) is 0 Å². The van der Waals surface area contributed by atoms with Gasteiger partial charge in [0.15, 0.2) is 0 Å². The summed E-state index contributed by atoms with van der Waals surface area (Å²) >= 11 is 1.97. The predicted molar refractivity (Wildman–Crippen MR) is 81.5 cm³/mol. The molecule has 1 aromatic rings. The minimum absolute atomic E-state index is 0.791. The van der Waals surface area contributed by atoms with E-state index in [1.807, 2.05) is 11.8 Å². The zero-order valence-electron chi connectivity index (χ0n) is 11.7. The van der Waals surface area contributed by atoms with Crippen molar-refractivity contribution in [3.8, 4) is 0 Å². The van der Waals surface area contributed by atoms with Gasteiger partial charge in [-0.15, -0.1) is 11.8 Å². The molecule has 1 aromatic carbocycles. The van der Waals surface area contributed by atoms with Crippen LogP contribution in [-0.4, -0.2) is 18.3 Å². The molecule has 0 spiro atoms. The molecule has 1 aliphatic rings. The fraction of sp³-hybridized carbons (Fsp3) is 0.625. The van der Waals surface area contributed by atoms with Crippen molar-refractivity contribution in [3.05, 3.63) is 29.3 Å². The van der Waals surface area contributed by atoms with E-state index in [1.165, 1.54) is 53.9 Å². The van der Waals surface area contributed by atoms with E-state index in [9.17, 15) is 0 Å². The van der Waals surface area contributed by atoms with Crippen LogP contribution in [0.5, 0.6) is 0 Å². The third-order valence-electron chi connectivity index (χ3n) is 3.89. The first-order valence-electron chi connectivity index (χ1n) is 7.19. The van der Waals surface area contributed by atoms with E-state index in [2.05, 4.69) is 37.4 Å². The molecule has 1 nitrogen and oxygen atoms in total. The normalized spacial score (nSPS) is 17.0. The maximum absolute atomic E-state index is 3.70. The molecule has 18 heavy (non-hydrogen) atoms. The van der Waals surface area contributed by atoms with Gasteiger partial charge in [0.2, 0.25) is 0 Å². The van der Waals surface area contributed by atoms with Gasteiger partial charge in [0.25, 0.3) is 0 Å². The molecular formula is C16H25NS. The Hall–Kier alpha value is -0.470. The Bertz CT molecular complexity index is 369. The fourth-order valence-corrected chi connectivity index (χ4v) is 3.42. The van der Waals surface area contributed by atoms with Crippen LogP contribution in [0.25, 0.3) is 0 Å². The molecule has 1 fully saturated rings. The predicted octanol–water partition coefficient (Wildman–Crippen LogP) is 4.32. The second-order valence-electron chi connectivity index (χ2n) is 5.38. The molecule has 0 radical (unpaired) electrons. The number of benzene rings is 1. The van der Waals surface area contributed by atoms with Crippen LogP contribution in [-0.2, 0) is 0 Å². The summed E-state index contributed by atoms with van der Waals surface area (Å²) in [7, 11) is 0. The number of hydrogen-bond donors (Lipinski definition) is 1. The molecule has 0 bridgehead atoms. The Kier molecular flexibility index (Phi) is 5.58. The molecule has 0 unspecified atom stereocenters. The van der Waals surface area contributed by atoms with E-state index in [0.29, 0.717) is 0 Å². The lowest BCUT2D eigenvalue weighted by Crippen LogP contribution is -2.32. The van der Waals surface area contributed by atoms with Gasteiger partial charge in [0.05, 0.1) is 0 Å². The summed E-state index contributed by atoms with van der Waals surface area (Å²) in [6.07, 6.45) is 7.04. The van der Waals surface area contributed by atoms with E-state index < -0.39 is 0 Å². The van der Waals surface area contributed by atoms with Crippen molar-refractivity contribution in [2.45, 2.75) is 56.9 Å². The molecule has 0 atom stereocenters. The van der Waals surface area contributed by atoms with Gasteiger partial charge in [-0.1, -0.05) is 25.3 Å². The van der Waals surface area contributed by atoms with E-state index in [4.69, 9.17) is 0 Å². The Labute approximate surface area is 116 Å². The maximum atomic E-state index is 3.70. The number of thioether (sulfide) groups is 1. The summed E-state index contributed by atoms with van der Waals surface area (Å²) in [5, 5.41) is 3.70. The Morgan fingerprint density at radius 2 is 1.89 bits per heavy atom. The molecular weight excluding hydrogens is 238 g/mol. The average molecular weight is 263 g/mol. The van der Waals surface area contributed by atoms with Gasteiger partial charge >= 0.3 is 0 Å². The Morgan fingerprint density at radius 1 is 1.11 bits per heavy atom. The highest BCUT2D eigenvalue weighted by molar-refractivity contribution is 7.99. The molecule has 0 aliphatic heterocycles. The molecule has 0 amide bonds. The van der Waals surface area contributed by atoms with E-state index in [-0.39, 0.29) is 0 Å². The van der Waals surface area contributed by atoms with E-state index in [0.717, 1.165) is 12.6 Å². The minimum Gasteiger partial charge on any atom is -0.313 e. The molecule has 2 heteroatoms. The molecule has 0 heterocycles. The van der Waals surface area contributed by atoms with Crippen LogP contribution in [0.4, 0.5) is 0 Å². The van der Waals surface area contributed by atoms with Crippen molar-refractivity contribution in [1.29, 1.82) is 0 Å². The summed E-state index contributed by atoms with van der Waals surface area (Å²) < 4.78 is 0. The van der Waals surface area contributed by atoms with Gasteiger partial charge in [-0.25, -0.2) is 0 Å². The lowest BCUT2D eigenvalue weighted by Gasteiger charge is -2.22. The minimum atomic E-state index is 0.791. The molecule has 100 valence electrons. The zero-order valence-corrected chi connectivity index (χ0v) is 12.5. The van der Waals surface area contributed by atoms with Crippen molar-refractivity contribution < 1.29 is 0 Å². The second kappa shape index (κ2) is 7.20. The summed E-state index contributed by atoms with van der Waals surface area (Å²) in [6.45, 7) is 5.51. The van der Waals surface area contributed by atoms with Crippen molar-refractivity contribution in [1.82, 2.24) is 5.32 Å². The standard InChI is InChI=1S/C16H25NS/c1-13-8-9-16(12-14(13)2)18-11-10-17-15-6-4-3-5-7-15/h8-9,12,15,17H,3-7,10-11H2,1-2H3. The maximum Gasteiger partial charge on any atom is 0.0106 e. The molecule has 1 saturated carbocycles. The Morgan fingerprint density at radius 3 is 2.61 bits per heavy atom. The van der Waals surface area contributed by atoms with Crippen molar-refractivity contribution in [3.63, 3.8) is 0 Å². The van der Waals surface area contributed by atoms with Crippen LogP contribution < -0.4 is 5.32 Å². The number of nitrogens with one attached hydrogen (secondary N) is 1. The van der Waals surface area contributed by atoms with Gasteiger partial charge in [0, 0.05) is 23.2 Å². The summed E-state index contributed by atoms with van der Waals surface area (Å²) in [5.41, 5.74) is 2.79. The zero-order chi connectivity index (χ0) is 12.8. The largest absolute Gasteiger partial charge is 0.313 e. The second-order valence-corrected chi connectivity index (χ2v) is 6.55. The summed E-state index contributed by atoms with van der Waals surface area (Å²) in [5.74, 6) is 1.18. The van der Waals surface area contributed by atoms with E-state index >= 15 is 0 Å². The highest BCUT2D eigenvalue weighted by Crippen LogP contribution is 2.21. The van der Waals surface area contributed by atoms with Crippen LogP contribution in [0.1, 0.15) is 43.2 Å². The van der Waals surface area contributed by atoms with Gasteiger partial charge < -0.3 is 5.32 Å². The third kappa shape index (κ3) is 4.33.